The van der Waals surface area contributed by atoms with Gasteiger partial charge in [0, 0.05) is 18.9 Å². The van der Waals surface area contributed by atoms with Crippen LogP contribution in [-0.4, -0.2) is 62.1 Å². The minimum Gasteiger partial charge on any atom is -0.347 e. The molecule has 1 fully saturated rings. The summed E-state index contributed by atoms with van der Waals surface area (Å²) < 4.78 is 0. The first-order chi connectivity index (χ1) is 16.8. The standard InChI is InChI=1S/C27H33ClN6O/c1-17-6-5-7-23(28)24(17)34-16-33(4)25-22(26(34)35)15-29-27(31-25)30-20-8-9-21(18(2)14-20)19-10-12-32(3)13-11-19/h5-9,14-15,19,27,30-31H,10-13,16H2,1-4H3. The molecule has 0 spiro atoms. The third kappa shape index (κ3) is 4.62. The molecule has 1 atom stereocenters. The highest BCUT2D eigenvalue weighted by atomic mass is 35.5. The Kier molecular flexibility index (Phi) is 6.47. The minimum atomic E-state index is -0.355. The molecule has 184 valence electrons. The molecule has 3 heterocycles. The van der Waals surface area contributed by atoms with Gasteiger partial charge in [-0.25, -0.2) is 4.99 Å². The maximum Gasteiger partial charge on any atom is 0.265 e. The van der Waals surface area contributed by atoms with Crippen LogP contribution in [0.3, 0.4) is 0 Å². The van der Waals surface area contributed by atoms with Gasteiger partial charge < -0.3 is 20.4 Å². The number of carbonyl (C=O) groups is 1. The number of aryl methyl sites for hydroxylation is 2. The molecule has 2 aromatic rings. The molecule has 3 aliphatic rings. The Hall–Kier alpha value is -3.03. The number of nitrogens with zero attached hydrogens (tertiary/aromatic N) is 4. The van der Waals surface area contributed by atoms with E-state index in [9.17, 15) is 4.79 Å². The van der Waals surface area contributed by atoms with E-state index in [0.717, 1.165) is 35.8 Å². The van der Waals surface area contributed by atoms with E-state index >= 15 is 0 Å². The third-order valence-electron chi connectivity index (χ3n) is 7.28. The Balaban J connectivity index is 1.30. The number of anilines is 2. The monoisotopic (exact) mass is 492 g/mol. The van der Waals surface area contributed by atoms with Gasteiger partial charge in [-0.15, -0.1) is 0 Å². The van der Waals surface area contributed by atoms with E-state index in [4.69, 9.17) is 11.6 Å². The topological polar surface area (TPSA) is 63.2 Å². The summed E-state index contributed by atoms with van der Waals surface area (Å²) in [7, 11) is 4.16. The molecule has 0 radical (unpaired) electrons. The molecular formula is C27H33ClN6O. The predicted octanol–water partition coefficient (Wildman–Crippen LogP) is 4.28. The summed E-state index contributed by atoms with van der Waals surface area (Å²) in [5.74, 6) is 1.29. The number of para-hydroxylation sites is 1. The lowest BCUT2D eigenvalue weighted by Gasteiger charge is -2.40. The van der Waals surface area contributed by atoms with Crippen molar-refractivity contribution in [3.8, 4) is 0 Å². The number of nitrogens with one attached hydrogen (secondary N) is 2. The molecular weight excluding hydrogens is 460 g/mol. The molecule has 8 heteroatoms. The molecule has 35 heavy (non-hydrogen) atoms. The Morgan fingerprint density at radius 1 is 1.09 bits per heavy atom. The molecule has 2 N–H and O–H groups in total. The smallest absolute Gasteiger partial charge is 0.265 e. The van der Waals surface area contributed by atoms with Crippen LogP contribution in [0.2, 0.25) is 5.02 Å². The first kappa shape index (κ1) is 23.7. The average Bonchev–Trinajstić information content (AvgIpc) is 2.83. The van der Waals surface area contributed by atoms with Crippen molar-refractivity contribution < 1.29 is 4.79 Å². The van der Waals surface area contributed by atoms with Gasteiger partial charge in [-0.05, 0) is 87.6 Å². The summed E-state index contributed by atoms with van der Waals surface area (Å²) in [4.78, 5) is 24.1. The highest BCUT2D eigenvalue weighted by Crippen LogP contribution is 2.34. The highest BCUT2D eigenvalue weighted by Gasteiger charge is 2.34. The summed E-state index contributed by atoms with van der Waals surface area (Å²) in [5, 5.41) is 7.43. The third-order valence-corrected chi connectivity index (χ3v) is 7.59. The molecule has 0 aliphatic carbocycles. The number of rotatable bonds is 4. The van der Waals surface area contributed by atoms with E-state index in [1.165, 1.54) is 24.0 Å². The van der Waals surface area contributed by atoms with Crippen molar-refractivity contribution in [2.75, 3.05) is 44.1 Å². The number of aliphatic imine (C=N–C) groups is 1. The van der Waals surface area contributed by atoms with Crippen LogP contribution in [0.5, 0.6) is 0 Å². The summed E-state index contributed by atoms with van der Waals surface area (Å²) >= 11 is 6.45. The number of piperidine rings is 1. The van der Waals surface area contributed by atoms with Crippen LogP contribution in [0.1, 0.15) is 35.4 Å². The molecule has 2 aromatic carbocycles. The molecule has 0 aromatic heterocycles. The zero-order valence-corrected chi connectivity index (χ0v) is 21.6. The summed E-state index contributed by atoms with van der Waals surface area (Å²) in [5.41, 5.74) is 6.00. The fraction of sp³-hybridized carbons (Fsp3) is 0.407. The van der Waals surface area contributed by atoms with Gasteiger partial charge in [-0.2, -0.15) is 0 Å². The fourth-order valence-corrected chi connectivity index (χ4v) is 5.65. The van der Waals surface area contributed by atoms with Crippen molar-refractivity contribution in [1.29, 1.82) is 0 Å². The van der Waals surface area contributed by atoms with E-state index in [1.54, 1.807) is 11.1 Å². The Morgan fingerprint density at radius 2 is 1.86 bits per heavy atom. The minimum absolute atomic E-state index is 0.109. The van der Waals surface area contributed by atoms with Crippen LogP contribution in [0.25, 0.3) is 0 Å². The normalized spacial score (nSPS) is 21.3. The lowest BCUT2D eigenvalue weighted by atomic mass is 9.87. The molecule has 7 nitrogen and oxygen atoms in total. The maximum atomic E-state index is 13.4. The van der Waals surface area contributed by atoms with Crippen LogP contribution >= 0.6 is 11.6 Å². The number of benzene rings is 2. The van der Waals surface area contributed by atoms with Crippen LogP contribution in [0.4, 0.5) is 11.4 Å². The van der Waals surface area contributed by atoms with Gasteiger partial charge in [0.2, 0.25) is 0 Å². The number of likely N-dealkylation sites (tertiary alicyclic amines) is 1. The molecule has 0 bridgehead atoms. The molecule has 1 amide bonds. The molecule has 0 saturated carbocycles. The van der Waals surface area contributed by atoms with Crippen LogP contribution in [0, 0.1) is 13.8 Å². The van der Waals surface area contributed by atoms with Gasteiger partial charge in [0.05, 0.1) is 23.0 Å². The number of carbonyl (C=O) groups excluding carboxylic acids is 1. The second-order valence-electron chi connectivity index (χ2n) is 9.86. The lowest BCUT2D eigenvalue weighted by Crippen LogP contribution is -2.53. The van der Waals surface area contributed by atoms with Crippen molar-refractivity contribution in [3.05, 3.63) is 69.5 Å². The van der Waals surface area contributed by atoms with Gasteiger partial charge in [-0.3, -0.25) is 9.69 Å². The number of amides is 1. The van der Waals surface area contributed by atoms with Crippen molar-refractivity contribution in [1.82, 2.24) is 15.1 Å². The summed E-state index contributed by atoms with van der Waals surface area (Å²) in [6, 6.07) is 12.3. The van der Waals surface area contributed by atoms with E-state index in [1.807, 2.05) is 37.1 Å². The van der Waals surface area contributed by atoms with Gasteiger partial charge in [0.15, 0.2) is 6.29 Å². The predicted molar refractivity (Wildman–Crippen MR) is 143 cm³/mol. The van der Waals surface area contributed by atoms with Crippen LogP contribution in [0.15, 0.2) is 52.8 Å². The SMILES string of the molecule is Cc1cc(NC2N=CC3=C(N2)N(C)CN(c2c(C)cccc2Cl)C3=O)ccc1C1CCN(C)CC1. The molecule has 3 aliphatic heterocycles. The largest absolute Gasteiger partial charge is 0.347 e. The Bertz CT molecular complexity index is 1180. The van der Waals surface area contributed by atoms with E-state index in [2.05, 4.69) is 52.7 Å². The van der Waals surface area contributed by atoms with Crippen LogP contribution in [-0.2, 0) is 4.79 Å². The van der Waals surface area contributed by atoms with Gasteiger partial charge in [0.25, 0.3) is 5.91 Å². The second kappa shape index (κ2) is 9.55. The van der Waals surface area contributed by atoms with Gasteiger partial charge >= 0.3 is 0 Å². The maximum absolute atomic E-state index is 13.4. The lowest BCUT2D eigenvalue weighted by molar-refractivity contribution is -0.115. The van der Waals surface area contributed by atoms with E-state index in [-0.39, 0.29) is 12.2 Å². The Labute approximate surface area is 212 Å². The van der Waals surface area contributed by atoms with Crippen molar-refractivity contribution >= 4 is 35.1 Å². The zero-order chi connectivity index (χ0) is 24.7. The molecule has 1 unspecified atom stereocenters. The molecule has 5 rings (SSSR count). The highest BCUT2D eigenvalue weighted by molar-refractivity contribution is 6.34. The fourth-order valence-electron chi connectivity index (χ4n) is 5.33. The molecule has 1 saturated heterocycles. The van der Waals surface area contributed by atoms with Crippen LogP contribution < -0.4 is 15.5 Å². The van der Waals surface area contributed by atoms with Crippen molar-refractivity contribution in [2.45, 2.75) is 38.9 Å². The quantitative estimate of drug-likeness (QED) is 0.667. The van der Waals surface area contributed by atoms with E-state index in [0.29, 0.717) is 23.2 Å². The second-order valence-corrected chi connectivity index (χ2v) is 10.3. The average molecular weight is 493 g/mol. The Morgan fingerprint density at radius 3 is 2.57 bits per heavy atom. The van der Waals surface area contributed by atoms with Gasteiger partial charge in [0.1, 0.15) is 5.82 Å². The summed E-state index contributed by atoms with van der Waals surface area (Å²) in [6.07, 6.45) is 3.73. The first-order valence-corrected chi connectivity index (χ1v) is 12.6. The number of halogens is 1. The number of hydrogen-bond donors (Lipinski definition) is 2. The summed E-state index contributed by atoms with van der Waals surface area (Å²) in [6.45, 7) is 6.87. The van der Waals surface area contributed by atoms with Crippen molar-refractivity contribution in [3.63, 3.8) is 0 Å². The van der Waals surface area contributed by atoms with E-state index < -0.39 is 0 Å². The number of hydrogen-bond acceptors (Lipinski definition) is 6. The first-order valence-electron chi connectivity index (χ1n) is 12.2. The zero-order valence-electron chi connectivity index (χ0n) is 20.8. The van der Waals surface area contributed by atoms with Gasteiger partial charge in [-0.1, -0.05) is 29.8 Å². The van der Waals surface area contributed by atoms with Crippen molar-refractivity contribution in [2.24, 2.45) is 4.99 Å².